The van der Waals surface area contributed by atoms with Gasteiger partial charge in [0.2, 0.25) is 10.0 Å². The zero-order valence-electron chi connectivity index (χ0n) is 13.0. The van der Waals surface area contributed by atoms with Gasteiger partial charge in [0.15, 0.2) is 16.8 Å². The van der Waals surface area contributed by atoms with E-state index in [2.05, 4.69) is 15.0 Å². The molecular formula is C16H13F2N3O2S2. The summed E-state index contributed by atoms with van der Waals surface area (Å²) in [4.78, 5) is 4.38. The Kier molecular flexibility index (Phi) is 4.69. The maximum Gasteiger partial charge on any atom is 0.229 e. The van der Waals surface area contributed by atoms with Crippen LogP contribution in [0.4, 0.5) is 25.3 Å². The number of aromatic nitrogens is 1. The average Bonchev–Trinajstić information content (AvgIpc) is 2.99. The zero-order chi connectivity index (χ0) is 18.0. The second-order valence-electron chi connectivity index (χ2n) is 5.24. The van der Waals surface area contributed by atoms with Gasteiger partial charge >= 0.3 is 0 Å². The lowest BCUT2D eigenvalue weighted by Gasteiger charge is -2.04. The van der Waals surface area contributed by atoms with E-state index in [1.165, 1.54) is 17.4 Å². The lowest BCUT2D eigenvalue weighted by atomic mass is 10.1. The second kappa shape index (κ2) is 6.77. The van der Waals surface area contributed by atoms with Gasteiger partial charge in [-0.3, -0.25) is 4.72 Å². The summed E-state index contributed by atoms with van der Waals surface area (Å²) in [5.74, 6) is -1.84. The summed E-state index contributed by atoms with van der Waals surface area (Å²) in [6, 6.07) is 10.3. The predicted octanol–water partition coefficient (Wildman–Crippen LogP) is 4.20. The average molecular weight is 381 g/mol. The highest BCUT2D eigenvalue weighted by Gasteiger charge is 2.08. The predicted molar refractivity (Wildman–Crippen MR) is 95.7 cm³/mol. The maximum absolute atomic E-state index is 13.2. The highest BCUT2D eigenvalue weighted by Crippen LogP contribution is 2.28. The van der Waals surface area contributed by atoms with Crippen molar-refractivity contribution in [2.24, 2.45) is 0 Å². The molecule has 0 amide bonds. The first-order valence-electron chi connectivity index (χ1n) is 7.06. The Morgan fingerprint density at radius 2 is 1.68 bits per heavy atom. The van der Waals surface area contributed by atoms with Crippen LogP contribution >= 0.6 is 11.3 Å². The minimum Gasteiger partial charge on any atom is -0.331 e. The number of rotatable bonds is 5. The molecule has 0 unspecified atom stereocenters. The molecule has 3 aromatic rings. The van der Waals surface area contributed by atoms with Crippen LogP contribution in [0.5, 0.6) is 0 Å². The number of sulfonamides is 1. The molecule has 2 N–H and O–H groups in total. The normalized spacial score (nSPS) is 11.3. The molecule has 0 atom stereocenters. The number of benzene rings is 2. The molecule has 0 saturated carbocycles. The first-order chi connectivity index (χ1) is 11.8. The molecule has 0 aliphatic heterocycles. The molecule has 0 radical (unpaired) electrons. The first kappa shape index (κ1) is 17.3. The number of nitrogens with one attached hydrogen (secondary N) is 2. The molecule has 3 rings (SSSR count). The summed E-state index contributed by atoms with van der Waals surface area (Å²) in [7, 11) is -3.32. The van der Waals surface area contributed by atoms with Crippen LogP contribution in [0, 0.1) is 11.6 Å². The summed E-state index contributed by atoms with van der Waals surface area (Å²) in [6.45, 7) is 0. The Balaban J connectivity index is 1.75. The summed E-state index contributed by atoms with van der Waals surface area (Å²) >= 11 is 1.31. The second-order valence-corrected chi connectivity index (χ2v) is 7.85. The number of hydrogen-bond donors (Lipinski definition) is 2. The van der Waals surface area contributed by atoms with Crippen molar-refractivity contribution in [1.29, 1.82) is 0 Å². The molecular weight excluding hydrogens is 368 g/mol. The fraction of sp³-hybridized carbons (Fsp3) is 0.0625. The van der Waals surface area contributed by atoms with E-state index in [0.29, 0.717) is 22.2 Å². The van der Waals surface area contributed by atoms with E-state index in [-0.39, 0.29) is 0 Å². The molecule has 0 spiro atoms. The molecule has 1 aromatic heterocycles. The molecule has 2 aromatic carbocycles. The van der Waals surface area contributed by atoms with Gasteiger partial charge < -0.3 is 5.32 Å². The van der Waals surface area contributed by atoms with Crippen molar-refractivity contribution >= 4 is 37.9 Å². The van der Waals surface area contributed by atoms with Crippen molar-refractivity contribution in [3.63, 3.8) is 0 Å². The standard InChI is InChI=1S/C16H13F2N3O2S2/c1-25(22,23)21-11-4-2-10(3-5-11)15-9-24-16(20-15)19-12-6-7-13(17)14(18)8-12/h2-9,21H,1H3,(H,19,20). The Hall–Kier alpha value is -2.52. The van der Waals surface area contributed by atoms with Gasteiger partial charge in [-0.15, -0.1) is 11.3 Å². The number of hydrogen-bond acceptors (Lipinski definition) is 5. The molecule has 5 nitrogen and oxygen atoms in total. The molecule has 9 heteroatoms. The molecule has 0 bridgehead atoms. The van der Waals surface area contributed by atoms with Gasteiger partial charge in [0, 0.05) is 28.4 Å². The van der Waals surface area contributed by atoms with Crippen molar-refractivity contribution < 1.29 is 17.2 Å². The molecule has 0 fully saturated rings. The molecule has 1 heterocycles. The third kappa shape index (κ3) is 4.52. The molecule has 0 aliphatic rings. The largest absolute Gasteiger partial charge is 0.331 e. The van der Waals surface area contributed by atoms with Crippen LogP contribution < -0.4 is 10.0 Å². The van der Waals surface area contributed by atoms with Gasteiger partial charge in [0.05, 0.1) is 11.9 Å². The third-order valence-corrected chi connectivity index (χ3v) is 4.52. The summed E-state index contributed by atoms with van der Waals surface area (Å²) in [5.41, 5.74) is 2.34. The van der Waals surface area contributed by atoms with E-state index in [1.807, 2.05) is 0 Å². The Morgan fingerprint density at radius 1 is 1.00 bits per heavy atom. The van der Waals surface area contributed by atoms with Crippen molar-refractivity contribution in [1.82, 2.24) is 4.98 Å². The van der Waals surface area contributed by atoms with Crippen molar-refractivity contribution in [2.75, 3.05) is 16.3 Å². The van der Waals surface area contributed by atoms with Gasteiger partial charge in [0.1, 0.15) is 0 Å². The van der Waals surface area contributed by atoms with E-state index in [0.717, 1.165) is 24.0 Å². The summed E-state index contributed by atoms with van der Waals surface area (Å²) in [6.07, 6.45) is 1.08. The number of nitrogens with zero attached hydrogens (tertiary/aromatic N) is 1. The molecule has 0 aliphatic carbocycles. The van der Waals surface area contributed by atoms with E-state index < -0.39 is 21.7 Å². The van der Waals surface area contributed by atoms with Crippen LogP contribution in [0.15, 0.2) is 47.8 Å². The van der Waals surface area contributed by atoms with Gasteiger partial charge in [0.25, 0.3) is 0 Å². The van der Waals surface area contributed by atoms with Crippen LogP contribution in [-0.2, 0) is 10.0 Å². The number of thiazole rings is 1. The van der Waals surface area contributed by atoms with Crippen LogP contribution in [0.2, 0.25) is 0 Å². The van der Waals surface area contributed by atoms with Crippen molar-refractivity contribution in [2.45, 2.75) is 0 Å². The quantitative estimate of drug-likeness (QED) is 0.695. The third-order valence-electron chi connectivity index (χ3n) is 3.16. The van der Waals surface area contributed by atoms with Gasteiger partial charge in [-0.2, -0.15) is 0 Å². The summed E-state index contributed by atoms with van der Waals surface area (Å²) in [5, 5.41) is 5.25. The van der Waals surface area contributed by atoms with E-state index >= 15 is 0 Å². The fourth-order valence-electron chi connectivity index (χ4n) is 2.08. The number of halogens is 2. The highest BCUT2D eigenvalue weighted by atomic mass is 32.2. The minimum absolute atomic E-state index is 0.396. The topological polar surface area (TPSA) is 71.1 Å². The maximum atomic E-state index is 13.2. The van der Waals surface area contributed by atoms with Crippen molar-refractivity contribution in [3.05, 3.63) is 59.5 Å². The minimum atomic E-state index is -3.32. The zero-order valence-corrected chi connectivity index (χ0v) is 14.6. The molecule has 0 saturated heterocycles. The van der Waals surface area contributed by atoms with Crippen molar-refractivity contribution in [3.8, 4) is 11.3 Å². The Labute approximate surface area is 147 Å². The first-order valence-corrected chi connectivity index (χ1v) is 9.83. The van der Waals surface area contributed by atoms with E-state index in [4.69, 9.17) is 0 Å². The van der Waals surface area contributed by atoms with Gasteiger partial charge in [-0.05, 0) is 24.3 Å². The molecule has 25 heavy (non-hydrogen) atoms. The van der Waals surface area contributed by atoms with Gasteiger partial charge in [-0.25, -0.2) is 22.2 Å². The lowest BCUT2D eigenvalue weighted by molar-refractivity contribution is 0.509. The monoisotopic (exact) mass is 381 g/mol. The molecule has 130 valence electrons. The van der Waals surface area contributed by atoms with Crippen LogP contribution in [0.25, 0.3) is 11.3 Å². The summed E-state index contributed by atoms with van der Waals surface area (Å²) < 4.78 is 50.9. The fourth-order valence-corrected chi connectivity index (χ4v) is 3.39. The van der Waals surface area contributed by atoms with Gasteiger partial charge in [-0.1, -0.05) is 12.1 Å². The SMILES string of the molecule is CS(=O)(=O)Nc1ccc(-c2csc(Nc3ccc(F)c(F)c3)n2)cc1. The Morgan fingerprint density at radius 3 is 2.32 bits per heavy atom. The van der Waals surface area contributed by atoms with Crippen LogP contribution in [0.3, 0.4) is 0 Å². The lowest BCUT2D eigenvalue weighted by Crippen LogP contribution is -2.09. The van der Waals surface area contributed by atoms with E-state index in [9.17, 15) is 17.2 Å². The highest BCUT2D eigenvalue weighted by molar-refractivity contribution is 7.92. The van der Waals surface area contributed by atoms with E-state index in [1.54, 1.807) is 29.6 Å². The number of anilines is 3. The smallest absolute Gasteiger partial charge is 0.229 e. The van der Waals surface area contributed by atoms with Crippen LogP contribution in [-0.4, -0.2) is 19.7 Å². The Bertz CT molecular complexity index is 1000. The van der Waals surface area contributed by atoms with Crippen LogP contribution in [0.1, 0.15) is 0 Å².